The van der Waals surface area contributed by atoms with E-state index in [-0.39, 0.29) is 18.2 Å². The molecule has 0 amide bonds. The maximum atomic E-state index is 12.8. The molecule has 0 saturated heterocycles. The minimum absolute atomic E-state index is 0.0748. The number of hydrogen-bond donors (Lipinski definition) is 2. The number of aromatic amines is 1. The van der Waals surface area contributed by atoms with Gasteiger partial charge in [0.2, 0.25) is 0 Å². The lowest BCUT2D eigenvalue weighted by Crippen LogP contribution is -2.21. The Morgan fingerprint density at radius 2 is 2.05 bits per heavy atom. The average Bonchev–Trinajstić information content (AvgIpc) is 2.89. The lowest BCUT2D eigenvalue weighted by Gasteiger charge is -2.15. The molecule has 1 unspecified atom stereocenters. The van der Waals surface area contributed by atoms with Crippen LogP contribution in [0.4, 0.5) is 13.2 Å². The topological polar surface area (TPSA) is 66.5 Å². The van der Waals surface area contributed by atoms with E-state index in [0.29, 0.717) is 5.82 Å². The lowest BCUT2D eigenvalue weighted by molar-refractivity contribution is -0.138. The SMILES string of the molecule is CC(NCc1ccccc1C(F)(F)F)c1nn[nH]n1. The van der Waals surface area contributed by atoms with Crippen molar-refractivity contribution in [2.45, 2.75) is 25.7 Å². The molecule has 0 aliphatic heterocycles. The molecule has 0 bridgehead atoms. The minimum atomic E-state index is -4.35. The fourth-order valence-corrected chi connectivity index (χ4v) is 1.66. The van der Waals surface area contributed by atoms with E-state index in [4.69, 9.17) is 0 Å². The van der Waals surface area contributed by atoms with Gasteiger partial charge >= 0.3 is 6.18 Å². The van der Waals surface area contributed by atoms with Crippen LogP contribution in [0.5, 0.6) is 0 Å². The van der Waals surface area contributed by atoms with E-state index in [1.54, 1.807) is 13.0 Å². The van der Waals surface area contributed by atoms with E-state index in [1.807, 2.05) is 0 Å². The number of H-pyrrole nitrogens is 1. The molecule has 19 heavy (non-hydrogen) atoms. The summed E-state index contributed by atoms with van der Waals surface area (Å²) in [5.74, 6) is 0.407. The van der Waals surface area contributed by atoms with Gasteiger partial charge in [-0.2, -0.15) is 18.4 Å². The number of rotatable bonds is 4. The minimum Gasteiger partial charge on any atom is -0.303 e. The standard InChI is InChI=1S/C11H12F3N5/c1-7(10-16-18-19-17-10)15-6-8-4-2-3-5-9(8)11(12,13)14/h2-5,7,15H,6H2,1H3,(H,16,17,18,19). The summed E-state index contributed by atoms with van der Waals surface area (Å²) in [6, 6.07) is 5.16. The van der Waals surface area contributed by atoms with Gasteiger partial charge in [0.15, 0.2) is 5.82 Å². The number of halogens is 3. The van der Waals surface area contributed by atoms with Crippen molar-refractivity contribution in [1.29, 1.82) is 0 Å². The number of nitrogens with one attached hydrogen (secondary N) is 2. The number of alkyl halides is 3. The molecule has 2 N–H and O–H groups in total. The first kappa shape index (κ1) is 13.5. The number of benzene rings is 1. The van der Waals surface area contributed by atoms with E-state index in [1.165, 1.54) is 12.1 Å². The molecule has 1 heterocycles. The highest BCUT2D eigenvalue weighted by atomic mass is 19.4. The van der Waals surface area contributed by atoms with E-state index >= 15 is 0 Å². The molecule has 8 heteroatoms. The molecule has 0 saturated carbocycles. The molecule has 2 rings (SSSR count). The van der Waals surface area contributed by atoms with Gasteiger partial charge in [0, 0.05) is 6.54 Å². The van der Waals surface area contributed by atoms with Gasteiger partial charge in [0.25, 0.3) is 0 Å². The molecule has 2 aromatic rings. The molecule has 0 aliphatic rings. The normalized spacial score (nSPS) is 13.5. The van der Waals surface area contributed by atoms with E-state index in [2.05, 4.69) is 25.9 Å². The highest BCUT2D eigenvalue weighted by molar-refractivity contribution is 5.29. The largest absolute Gasteiger partial charge is 0.416 e. The van der Waals surface area contributed by atoms with Crippen LogP contribution in [0.2, 0.25) is 0 Å². The predicted molar refractivity (Wildman–Crippen MR) is 60.9 cm³/mol. The van der Waals surface area contributed by atoms with Crippen LogP contribution in [0.3, 0.4) is 0 Å². The summed E-state index contributed by atoms with van der Waals surface area (Å²) in [5, 5.41) is 16.2. The highest BCUT2D eigenvalue weighted by Crippen LogP contribution is 2.31. The van der Waals surface area contributed by atoms with Crippen LogP contribution in [-0.4, -0.2) is 20.6 Å². The van der Waals surface area contributed by atoms with Gasteiger partial charge in [0.1, 0.15) is 0 Å². The van der Waals surface area contributed by atoms with Gasteiger partial charge in [-0.3, -0.25) is 0 Å². The molecule has 0 radical (unpaired) electrons. The monoisotopic (exact) mass is 271 g/mol. The van der Waals surface area contributed by atoms with Crippen LogP contribution in [0, 0.1) is 0 Å². The fraction of sp³-hybridized carbons (Fsp3) is 0.364. The molecular weight excluding hydrogens is 259 g/mol. The predicted octanol–water partition coefficient (Wildman–Crippen LogP) is 2.07. The summed E-state index contributed by atoms with van der Waals surface area (Å²) in [6.07, 6.45) is -4.35. The van der Waals surface area contributed by atoms with Gasteiger partial charge < -0.3 is 5.32 Å². The molecule has 0 spiro atoms. The smallest absolute Gasteiger partial charge is 0.303 e. The van der Waals surface area contributed by atoms with Gasteiger partial charge in [-0.15, -0.1) is 10.2 Å². The summed E-state index contributed by atoms with van der Waals surface area (Å²) in [7, 11) is 0. The van der Waals surface area contributed by atoms with Gasteiger partial charge in [-0.1, -0.05) is 23.4 Å². The quantitative estimate of drug-likeness (QED) is 0.893. The zero-order valence-electron chi connectivity index (χ0n) is 10.1. The van der Waals surface area contributed by atoms with Crippen LogP contribution in [0.1, 0.15) is 29.9 Å². The number of tetrazole rings is 1. The second kappa shape index (κ2) is 5.35. The Kier molecular flexibility index (Phi) is 3.79. The molecular formula is C11H12F3N5. The van der Waals surface area contributed by atoms with E-state index in [0.717, 1.165) is 6.07 Å². The van der Waals surface area contributed by atoms with Crippen molar-refractivity contribution in [2.75, 3.05) is 0 Å². The molecule has 1 atom stereocenters. The fourth-order valence-electron chi connectivity index (χ4n) is 1.66. The summed E-state index contributed by atoms with van der Waals surface area (Å²) < 4.78 is 38.3. The molecule has 0 fully saturated rings. The Balaban J connectivity index is 2.08. The van der Waals surface area contributed by atoms with Crippen LogP contribution in [0.25, 0.3) is 0 Å². The third-order valence-corrected chi connectivity index (χ3v) is 2.67. The maximum absolute atomic E-state index is 12.8. The van der Waals surface area contributed by atoms with Crippen molar-refractivity contribution in [2.24, 2.45) is 0 Å². The first-order valence-corrected chi connectivity index (χ1v) is 5.60. The second-order valence-electron chi connectivity index (χ2n) is 4.03. The molecule has 5 nitrogen and oxygen atoms in total. The Morgan fingerprint density at radius 1 is 1.32 bits per heavy atom. The molecule has 1 aromatic heterocycles. The van der Waals surface area contributed by atoms with E-state index in [9.17, 15) is 13.2 Å². The van der Waals surface area contributed by atoms with Crippen molar-refractivity contribution in [1.82, 2.24) is 25.9 Å². The second-order valence-corrected chi connectivity index (χ2v) is 4.03. The Hall–Kier alpha value is -1.96. The van der Waals surface area contributed by atoms with Crippen LogP contribution in [0.15, 0.2) is 24.3 Å². The summed E-state index contributed by atoms with van der Waals surface area (Å²) in [4.78, 5) is 0. The zero-order valence-corrected chi connectivity index (χ0v) is 10.1. The van der Waals surface area contributed by atoms with Gasteiger partial charge in [-0.05, 0) is 18.6 Å². The molecule has 102 valence electrons. The summed E-state index contributed by atoms with van der Waals surface area (Å²) in [6.45, 7) is 1.83. The first-order valence-electron chi connectivity index (χ1n) is 5.60. The van der Waals surface area contributed by atoms with Crippen molar-refractivity contribution in [3.63, 3.8) is 0 Å². The van der Waals surface area contributed by atoms with Crippen molar-refractivity contribution < 1.29 is 13.2 Å². The average molecular weight is 271 g/mol. The maximum Gasteiger partial charge on any atom is 0.416 e. The number of nitrogens with zero attached hydrogens (tertiary/aromatic N) is 3. The Morgan fingerprint density at radius 3 is 2.68 bits per heavy atom. The van der Waals surface area contributed by atoms with E-state index < -0.39 is 11.7 Å². The third-order valence-electron chi connectivity index (χ3n) is 2.67. The number of aromatic nitrogens is 4. The van der Waals surface area contributed by atoms with Crippen LogP contribution in [-0.2, 0) is 12.7 Å². The highest BCUT2D eigenvalue weighted by Gasteiger charge is 2.32. The van der Waals surface area contributed by atoms with Crippen molar-refractivity contribution in [3.05, 3.63) is 41.2 Å². The lowest BCUT2D eigenvalue weighted by atomic mass is 10.1. The van der Waals surface area contributed by atoms with Crippen LogP contribution < -0.4 is 5.32 Å². The summed E-state index contributed by atoms with van der Waals surface area (Å²) >= 11 is 0. The summed E-state index contributed by atoms with van der Waals surface area (Å²) in [5.41, 5.74) is -0.451. The third kappa shape index (κ3) is 3.28. The van der Waals surface area contributed by atoms with Crippen molar-refractivity contribution >= 4 is 0 Å². The first-order chi connectivity index (χ1) is 8.98. The Bertz CT molecular complexity index is 523. The van der Waals surface area contributed by atoms with Gasteiger partial charge in [-0.25, -0.2) is 0 Å². The molecule has 1 aromatic carbocycles. The number of hydrogen-bond acceptors (Lipinski definition) is 4. The van der Waals surface area contributed by atoms with Crippen LogP contribution >= 0.6 is 0 Å². The Labute approximate surface area is 107 Å². The zero-order chi connectivity index (χ0) is 13.9. The van der Waals surface area contributed by atoms with Gasteiger partial charge in [0.05, 0.1) is 11.6 Å². The molecule has 0 aliphatic carbocycles. The van der Waals surface area contributed by atoms with Crippen molar-refractivity contribution in [3.8, 4) is 0 Å².